The maximum Gasteiger partial charge on any atom is 0.0541 e. The third kappa shape index (κ3) is 5.14. The molecule has 0 N–H and O–H groups in total. The fourth-order valence-electron chi connectivity index (χ4n) is 10.5. The van der Waals surface area contributed by atoms with Crippen molar-refractivity contribution in [2.75, 3.05) is 4.90 Å². The molecular weight excluding hydrogens is 641 g/mol. The van der Waals surface area contributed by atoms with Crippen molar-refractivity contribution in [2.24, 2.45) is 17.8 Å². The summed E-state index contributed by atoms with van der Waals surface area (Å²) in [5.74, 6) is 2.48. The van der Waals surface area contributed by atoms with Crippen molar-refractivity contribution >= 4 is 49.6 Å². The zero-order valence-corrected chi connectivity index (χ0v) is 30.8. The Hall–Kier alpha value is -5.60. The van der Waals surface area contributed by atoms with Crippen LogP contribution in [0.15, 0.2) is 164 Å². The first-order valence-electron chi connectivity index (χ1n) is 19.7. The number of aromatic nitrogens is 1. The Labute approximate surface area is 313 Å². The summed E-state index contributed by atoms with van der Waals surface area (Å²) in [6.45, 7) is 4.97. The van der Waals surface area contributed by atoms with Crippen LogP contribution in [0.3, 0.4) is 0 Å². The van der Waals surface area contributed by atoms with E-state index in [9.17, 15) is 0 Å². The van der Waals surface area contributed by atoms with Crippen molar-refractivity contribution in [3.05, 3.63) is 169 Å². The third-order valence-electron chi connectivity index (χ3n) is 13.3. The van der Waals surface area contributed by atoms with Crippen molar-refractivity contribution in [1.82, 2.24) is 4.57 Å². The molecule has 0 spiro atoms. The molecule has 2 nitrogen and oxygen atoms in total. The number of para-hydroxylation sites is 4. The Kier molecular flexibility index (Phi) is 7.76. The van der Waals surface area contributed by atoms with Gasteiger partial charge in [0.15, 0.2) is 0 Å². The fraction of sp³-hybridized carbons (Fsp3) is 0.216. The van der Waals surface area contributed by atoms with Crippen LogP contribution in [0, 0.1) is 17.8 Å². The molecule has 1 aromatic heterocycles. The summed E-state index contributed by atoms with van der Waals surface area (Å²) < 4.78 is 2.44. The minimum Gasteiger partial charge on any atom is -0.310 e. The van der Waals surface area contributed by atoms with Gasteiger partial charge in [0.05, 0.1) is 22.4 Å². The minimum atomic E-state index is 0.180. The molecule has 2 atom stereocenters. The monoisotopic (exact) mass is 686 g/mol. The summed E-state index contributed by atoms with van der Waals surface area (Å²) in [4.78, 5) is 2.57. The van der Waals surface area contributed by atoms with Crippen LogP contribution in [-0.4, -0.2) is 4.57 Å². The van der Waals surface area contributed by atoms with Gasteiger partial charge in [0.25, 0.3) is 0 Å². The predicted molar refractivity (Wildman–Crippen MR) is 225 cm³/mol. The van der Waals surface area contributed by atoms with E-state index in [0.29, 0.717) is 0 Å². The van der Waals surface area contributed by atoms with Gasteiger partial charge < -0.3 is 9.47 Å². The SMILES string of the molecule is CC[C@]1(c2ccccc2N(c2ccc(-c3ccccc3-n3c4ccccc4c4ccccc43)cc2)c2cccc3ccccc23)CC2CCC(C1)[C@H]2C. The Bertz CT molecular complexity index is 2540. The van der Waals surface area contributed by atoms with E-state index in [4.69, 9.17) is 0 Å². The molecule has 2 unspecified atom stereocenters. The van der Waals surface area contributed by atoms with Crippen LogP contribution in [0.2, 0.25) is 0 Å². The molecule has 0 saturated heterocycles. The van der Waals surface area contributed by atoms with Crippen molar-refractivity contribution in [3.8, 4) is 16.8 Å². The highest BCUT2D eigenvalue weighted by atomic mass is 15.1. The molecule has 0 aliphatic heterocycles. The van der Waals surface area contributed by atoms with Crippen LogP contribution >= 0.6 is 0 Å². The molecular formula is C51H46N2. The number of fused-ring (bicyclic) bond motifs is 6. The second-order valence-electron chi connectivity index (χ2n) is 15.8. The Morgan fingerprint density at radius 3 is 1.85 bits per heavy atom. The van der Waals surface area contributed by atoms with E-state index in [-0.39, 0.29) is 5.41 Å². The molecule has 2 aliphatic carbocycles. The lowest BCUT2D eigenvalue weighted by atomic mass is 9.60. The number of hydrogen-bond donors (Lipinski definition) is 0. The lowest BCUT2D eigenvalue weighted by Crippen LogP contribution is -2.38. The van der Waals surface area contributed by atoms with Crippen molar-refractivity contribution < 1.29 is 0 Å². The van der Waals surface area contributed by atoms with Crippen molar-refractivity contribution in [3.63, 3.8) is 0 Å². The molecule has 2 aliphatic rings. The molecule has 7 aromatic carbocycles. The van der Waals surface area contributed by atoms with Crippen molar-refractivity contribution in [2.45, 2.75) is 51.4 Å². The Morgan fingerprint density at radius 1 is 0.566 bits per heavy atom. The summed E-state index contributed by atoms with van der Waals surface area (Å²) in [5.41, 5.74) is 11.5. The van der Waals surface area contributed by atoms with Gasteiger partial charge in [-0.05, 0) is 114 Å². The average molecular weight is 687 g/mol. The molecule has 2 heteroatoms. The maximum atomic E-state index is 2.57. The first-order valence-corrected chi connectivity index (χ1v) is 19.7. The first-order chi connectivity index (χ1) is 26.1. The fourth-order valence-corrected chi connectivity index (χ4v) is 10.5. The molecule has 10 rings (SSSR count). The third-order valence-corrected chi connectivity index (χ3v) is 13.3. The molecule has 0 radical (unpaired) electrons. The van der Waals surface area contributed by atoms with Crippen LogP contribution in [0.25, 0.3) is 49.4 Å². The molecule has 2 fully saturated rings. The predicted octanol–water partition coefficient (Wildman–Crippen LogP) is 14.2. The lowest BCUT2D eigenvalue weighted by molar-refractivity contribution is 0.145. The normalized spacial score (nSPS) is 21.1. The number of hydrogen-bond acceptors (Lipinski definition) is 1. The van der Waals surface area contributed by atoms with E-state index >= 15 is 0 Å². The summed E-state index contributed by atoms with van der Waals surface area (Å²) >= 11 is 0. The van der Waals surface area contributed by atoms with Crippen LogP contribution in [0.5, 0.6) is 0 Å². The number of anilines is 3. The van der Waals surface area contributed by atoms with Gasteiger partial charge in [-0.1, -0.05) is 135 Å². The first kappa shape index (κ1) is 32.1. The molecule has 2 bridgehead atoms. The van der Waals surface area contributed by atoms with E-state index in [1.807, 2.05) is 0 Å². The zero-order chi connectivity index (χ0) is 35.5. The molecule has 1 heterocycles. The zero-order valence-electron chi connectivity index (χ0n) is 30.8. The minimum absolute atomic E-state index is 0.180. The smallest absolute Gasteiger partial charge is 0.0541 e. The summed E-state index contributed by atoms with van der Waals surface area (Å²) in [5, 5.41) is 5.10. The molecule has 53 heavy (non-hydrogen) atoms. The van der Waals surface area contributed by atoms with E-state index in [1.54, 1.807) is 0 Å². The van der Waals surface area contributed by atoms with Gasteiger partial charge in [-0.25, -0.2) is 0 Å². The topological polar surface area (TPSA) is 8.17 Å². The Morgan fingerprint density at radius 2 is 1.13 bits per heavy atom. The van der Waals surface area contributed by atoms with Gasteiger partial charge in [-0.3, -0.25) is 0 Å². The van der Waals surface area contributed by atoms with Crippen LogP contribution < -0.4 is 4.90 Å². The van der Waals surface area contributed by atoms with E-state index in [1.165, 1.54) is 104 Å². The molecule has 0 amide bonds. The van der Waals surface area contributed by atoms with Gasteiger partial charge in [0.2, 0.25) is 0 Å². The van der Waals surface area contributed by atoms with Crippen molar-refractivity contribution in [1.29, 1.82) is 0 Å². The number of nitrogens with zero attached hydrogens (tertiary/aromatic N) is 2. The maximum absolute atomic E-state index is 2.57. The Balaban J connectivity index is 1.14. The summed E-state index contributed by atoms with van der Waals surface area (Å²) in [6, 6.07) is 60.8. The van der Waals surface area contributed by atoms with E-state index in [0.717, 1.165) is 17.8 Å². The quantitative estimate of drug-likeness (QED) is 0.162. The van der Waals surface area contributed by atoms with Gasteiger partial charge in [0, 0.05) is 33.1 Å². The van der Waals surface area contributed by atoms with Gasteiger partial charge >= 0.3 is 0 Å². The average Bonchev–Trinajstić information content (AvgIpc) is 3.65. The van der Waals surface area contributed by atoms with Gasteiger partial charge in [0.1, 0.15) is 0 Å². The number of benzene rings is 7. The van der Waals surface area contributed by atoms with Crippen LogP contribution in [0.4, 0.5) is 17.1 Å². The second kappa shape index (κ2) is 12.8. The van der Waals surface area contributed by atoms with E-state index in [2.05, 4.69) is 187 Å². The molecule has 2 saturated carbocycles. The summed E-state index contributed by atoms with van der Waals surface area (Å²) in [6.07, 6.45) is 6.53. The summed E-state index contributed by atoms with van der Waals surface area (Å²) in [7, 11) is 0. The second-order valence-corrected chi connectivity index (χ2v) is 15.8. The number of rotatable bonds is 7. The van der Waals surface area contributed by atoms with Crippen LogP contribution in [-0.2, 0) is 5.41 Å². The molecule has 260 valence electrons. The standard InChI is InChI=1S/C51H46N2/c1-3-51(33-38-27-28-39(34-51)35(38)2)45-21-9-13-25-50(45)52(46-26-14-16-36-15-4-5-17-41(36)46)40-31-29-37(30-32-40)42-18-6-10-22-47(42)53-48-23-11-7-19-43(48)44-20-8-12-24-49(44)53/h4-26,29-32,35,38-39H,3,27-28,33-34H2,1-2H3/t35-,38?,39?,51-. The largest absolute Gasteiger partial charge is 0.310 e. The van der Waals surface area contributed by atoms with E-state index < -0.39 is 0 Å². The highest BCUT2D eigenvalue weighted by Gasteiger charge is 2.48. The molecule has 8 aromatic rings. The lowest BCUT2D eigenvalue weighted by Gasteiger charge is -2.45. The van der Waals surface area contributed by atoms with Gasteiger partial charge in [-0.2, -0.15) is 0 Å². The highest BCUT2D eigenvalue weighted by Crippen LogP contribution is 2.58. The van der Waals surface area contributed by atoms with Gasteiger partial charge in [-0.15, -0.1) is 0 Å². The highest BCUT2D eigenvalue weighted by molar-refractivity contribution is 6.09. The van der Waals surface area contributed by atoms with Crippen LogP contribution in [0.1, 0.15) is 51.5 Å².